The van der Waals surface area contributed by atoms with Crippen molar-refractivity contribution in [3.8, 4) is 0 Å². The van der Waals surface area contributed by atoms with Crippen LogP contribution in [-0.4, -0.2) is 25.1 Å². The van der Waals surface area contributed by atoms with Gasteiger partial charge < -0.3 is 9.52 Å². The molecule has 0 saturated heterocycles. The summed E-state index contributed by atoms with van der Waals surface area (Å²) in [6, 6.07) is 9.73. The van der Waals surface area contributed by atoms with E-state index in [9.17, 15) is 13.5 Å². The quantitative estimate of drug-likeness (QED) is 0.709. The van der Waals surface area contributed by atoms with Crippen molar-refractivity contribution in [2.45, 2.75) is 10.5 Å². The lowest BCUT2D eigenvalue weighted by molar-refractivity contribution is 0.0655. The highest BCUT2D eigenvalue weighted by Crippen LogP contribution is 2.33. The van der Waals surface area contributed by atoms with Crippen LogP contribution in [0.25, 0.3) is 0 Å². The van der Waals surface area contributed by atoms with E-state index in [-0.39, 0.29) is 17.2 Å². The van der Waals surface area contributed by atoms with Crippen LogP contribution in [-0.2, 0) is 15.6 Å². The number of pyridine rings is 1. The number of thiophene rings is 1. The smallest absolute Gasteiger partial charge is 0.242 e. The number of hydrogen-bond donors (Lipinski definition) is 2. The van der Waals surface area contributed by atoms with Crippen molar-refractivity contribution in [1.82, 2.24) is 9.71 Å². The topological polar surface area (TPSA) is 92.4 Å². The Kier molecular flexibility index (Phi) is 4.31. The highest BCUT2D eigenvalue weighted by Gasteiger charge is 2.37. The zero-order valence-corrected chi connectivity index (χ0v) is 13.5. The van der Waals surface area contributed by atoms with Crippen molar-refractivity contribution in [3.05, 3.63) is 71.1 Å². The highest BCUT2D eigenvalue weighted by molar-refractivity contribution is 7.89. The molecule has 1 atom stereocenters. The summed E-state index contributed by atoms with van der Waals surface area (Å²) in [4.78, 5) is 4.42. The zero-order valence-electron chi connectivity index (χ0n) is 11.9. The second-order valence-corrected chi connectivity index (χ2v) is 7.54. The molecule has 0 unspecified atom stereocenters. The maximum atomic E-state index is 12.3. The van der Waals surface area contributed by atoms with Crippen LogP contribution in [0.5, 0.6) is 0 Å². The summed E-state index contributed by atoms with van der Waals surface area (Å²) in [5, 5.41) is 12.8. The highest BCUT2D eigenvalue weighted by atomic mass is 32.2. The fourth-order valence-electron chi connectivity index (χ4n) is 2.11. The van der Waals surface area contributed by atoms with E-state index in [1.165, 1.54) is 42.1 Å². The maximum Gasteiger partial charge on any atom is 0.242 e. The van der Waals surface area contributed by atoms with Crippen LogP contribution in [0.2, 0.25) is 0 Å². The summed E-state index contributed by atoms with van der Waals surface area (Å²) in [5.41, 5.74) is -1.58. The van der Waals surface area contributed by atoms with Gasteiger partial charge in [-0.3, -0.25) is 4.98 Å². The van der Waals surface area contributed by atoms with Crippen LogP contribution in [0.4, 0.5) is 0 Å². The number of aromatic nitrogens is 1. The van der Waals surface area contributed by atoms with E-state index in [4.69, 9.17) is 4.42 Å². The Labute approximate surface area is 137 Å². The largest absolute Gasteiger partial charge is 0.466 e. The summed E-state index contributed by atoms with van der Waals surface area (Å²) in [6.07, 6.45) is 4.17. The fraction of sp³-hybridized carbons (Fsp3) is 0.133. The van der Waals surface area contributed by atoms with Crippen LogP contribution >= 0.6 is 11.3 Å². The van der Waals surface area contributed by atoms with Gasteiger partial charge in [0.2, 0.25) is 10.0 Å². The van der Waals surface area contributed by atoms with Gasteiger partial charge >= 0.3 is 0 Å². The van der Waals surface area contributed by atoms with Gasteiger partial charge in [0.05, 0.1) is 12.8 Å². The zero-order chi connectivity index (χ0) is 16.3. The van der Waals surface area contributed by atoms with Crippen molar-refractivity contribution in [3.63, 3.8) is 0 Å². The van der Waals surface area contributed by atoms with Gasteiger partial charge in [0.1, 0.15) is 10.7 Å². The lowest BCUT2D eigenvalue weighted by atomic mass is 9.99. The molecule has 3 heterocycles. The predicted molar refractivity (Wildman–Crippen MR) is 85.5 cm³/mol. The van der Waals surface area contributed by atoms with Crippen LogP contribution in [0.15, 0.2) is 69.7 Å². The summed E-state index contributed by atoms with van der Waals surface area (Å²) in [7, 11) is -3.79. The molecule has 23 heavy (non-hydrogen) atoms. The molecule has 3 aromatic heterocycles. The lowest BCUT2D eigenvalue weighted by Crippen LogP contribution is -2.40. The van der Waals surface area contributed by atoms with E-state index in [0.29, 0.717) is 4.88 Å². The van der Waals surface area contributed by atoms with Crippen LogP contribution < -0.4 is 4.72 Å². The normalized spacial score (nSPS) is 14.5. The van der Waals surface area contributed by atoms with E-state index in [1.807, 2.05) is 0 Å². The van der Waals surface area contributed by atoms with E-state index in [0.717, 1.165) is 0 Å². The molecule has 3 rings (SSSR count). The molecule has 0 aliphatic rings. The van der Waals surface area contributed by atoms with Gasteiger partial charge in [-0.05, 0) is 35.7 Å². The minimum absolute atomic E-state index is 0.0352. The van der Waals surface area contributed by atoms with E-state index in [1.54, 1.807) is 29.6 Å². The van der Waals surface area contributed by atoms with Crippen molar-refractivity contribution in [2.75, 3.05) is 6.54 Å². The number of nitrogens with one attached hydrogen (secondary N) is 1. The summed E-state index contributed by atoms with van der Waals surface area (Å²) in [6.45, 7) is -0.252. The molecule has 0 fully saturated rings. The summed E-state index contributed by atoms with van der Waals surface area (Å²) in [5.74, 6) is 0.272. The van der Waals surface area contributed by atoms with Gasteiger partial charge in [-0.25, -0.2) is 13.1 Å². The third kappa shape index (κ3) is 3.20. The van der Waals surface area contributed by atoms with Gasteiger partial charge in [-0.15, -0.1) is 11.3 Å². The maximum absolute atomic E-state index is 12.3. The Balaban J connectivity index is 1.89. The SMILES string of the molecule is O=S(=O)(NC[C@](O)(c1ccco1)c1cccs1)c1cccnc1. The Morgan fingerprint density at radius 1 is 1.26 bits per heavy atom. The Morgan fingerprint density at radius 3 is 2.74 bits per heavy atom. The molecule has 120 valence electrons. The molecule has 6 nitrogen and oxygen atoms in total. The Hall–Kier alpha value is -2.00. The van der Waals surface area contributed by atoms with Crippen molar-refractivity contribution >= 4 is 21.4 Å². The first-order valence-corrected chi connectivity index (χ1v) is 9.09. The number of nitrogens with zero attached hydrogens (tertiary/aromatic N) is 1. The van der Waals surface area contributed by atoms with Gasteiger partial charge in [0.15, 0.2) is 5.60 Å². The van der Waals surface area contributed by atoms with Gasteiger partial charge in [-0.2, -0.15) is 0 Å². The Morgan fingerprint density at radius 2 is 2.13 bits per heavy atom. The molecule has 8 heteroatoms. The number of aliphatic hydroxyl groups is 1. The molecule has 0 amide bonds. The molecule has 0 radical (unpaired) electrons. The fourth-order valence-corrected chi connectivity index (χ4v) is 3.96. The van der Waals surface area contributed by atoms with E-state index in [2.05, 4.69) is 9.71 Å². The molecule has 2 N–H and O–H groups in total. The van der Waals surface area contributed by atoms with Gasteiger partial charge in [-0.1, -0.05) is 6.07 Å². The van der Waals surface area contributed by atoms with E-state index >= 15 is 0 Å². The number of hydrogen-bond acceptors (Lipinski definition) is 6. The first-order chi connectivity index (χ1) is 11.0. The lowest BCUT2D eigenvalue weighted by Gasteiger charge is -2.25. The van der Waals surface area contributed by atoms with Crippen LogP contribution in [0.1, 0.15) is 10.6 Å². The standard InChI is InChI=1S/C15H14N2O4S2/c18-15(13-5-2-8-21-13,14-6-3-9-22-14)11-17-23(19,20)12-4-1-7-16-10-12/h1-10,17-18H,11H2/t15-/m0/s1. The molecule has 0 bridgehead atoms. The summed E-state index contributed by atoms with van der Waals surface area (Å²) < 4.78 is 32.4. The van der Waals surface area contributed by atoms with Crippen molar-refractivity contribution in [1.29, 1.82) is 0 Å². The average molecular weight is 350 g/mol. The van der Waals surface area contributed by atoms with Crippen molar-refractivity contribution in [2.24, 2.45) is 0 Å². The molecular formula is C15H14N2O4S2. The first-order valence-electron chi connectivity index (χ1n) is 6.72. The minimum Gasteiger partial charge on any atom is -0.466 e. The second-order valence-electron chi connectivity index (χ2n) is 4.83. The van der Waals surface area contributed by atoms with Crippen LogP contribution in [0.3, 0.4) is 0 Å². The van der Waals surface area contributed by atoms with Crippen molar-refractivity contribution < 1.29 is 17.9 Å². The minimum atomic E-state index is -3.79. The molecular weight excluding hydrogens is 336 g/mol. The number of rotatable bonds is 6. The number of furan rings is 1. The Bertz CT molecular complexity index is 810. The third-order valence-corrected chi connectivity index (χ3v) is 5.73. The predicted octanol–water partition coefficient (Wildman–Crippen LogP) is 1.95. The average Bonchev–Trinajstić information content (AvgIpc) is 3.27. The van der Waals surface area contributed by atoms with Gasteiger partial charge in [0, 0.05) is 17.3 Å². The first kappa shape index (κ1) is 15.9. The molecule has 0 aliphatic heterocycles. The molecule has 0 saturated carbocycles. The second kappa shape index (κ2) is 6.25. The monoisotopic (exact) mass is 350 g/mol. The molecule has 0 spiro atoms. The summed E-state index contributed by atoms with van der Waals surface area (Å²) >= 11 is 1.32. The molecule has 3 aromatic rings. The van der Waals surface area contributed by atoms with E-state index < -0.39 is 15.6 Å². The molecule has 0 aliphatic carbocycles. The third-order valence-electron chi connectivity index (χ3n) is 3.32. The molecule has 0 aromatic carbocycles. The van der Waals surface area contributed by atoms with Gasteiger partial charge in [0.25, 0.3) is 0 Å². The van der Waals surface area contributed by atoms with Crippen LogP contribution in [0, 0.1) is 0 Å². The number of sulfonamides is 1.